The highest BCUT2D eigenvalue weighted by Crippen LogP contribution is 2.26. The lowest BCUT2D eigenvalue weighted by molar-refractivity contribution is -0.137. The highest BCUT2D eigenvalue weighted by molar-refractivity contribution is 9.10. The van der Waals surface area contributed by atoms with Crippen LogP contribution in [0.15, 0.2) is 22.7 Å². The molecular weight excluding hydrogens is 293 g/mol. The fraction of sp³-hybridized carbons (Fsp3) is 0.364. The molecule has 0 spiro atoms. The van der Waals surface area contributed by atoms with E-state index in [-0.39, 0.29) is 12.5 Å². The molecule has 0 aliphatic carbocycles. The van der Waals surface area contributed by atoms with Crippen molar-refractivity contribution < 1.29 is 9.90 Å². The molecule has 1 atom stereocenters. The van der Waals surface area contributed by atoms with Gasteiger partial charge in [0.25, 0.3) is 0 Å². The number of nitrogens with one attached hydrogen (secondary N) is 1. The third-order valence-corrected chi connectivity index (χ3v) is 3.34. The summed E-state index contributed by atoms with van der Waals surface area (Å²) in [6, 6.07) is 5.64. The number of carboxylic acids is 1. The van der Waals surface area contributed by atoms with E-state index in [2.05, 4.69) is 21.2 Å². The first-order valence-electron chi connectivity index (χ1n) is 4.92. The lowest BCUT2D eigenvalue weighted by atomic mass is 10.1. The number of carbonyl (C=O) groups is 1. The Morgan fingerprint density at radius 1 is 1.62 bits per heavy atom. The van der Waals surface area contributed by atoms with E-state index >= 15 is 0 Å². The van der Waals surface area contributed by atoms with Gasteiger partial charge in [-0.25, -0.2) is 0 Å². The van der Waals surface area contributed by atoms with E-state index in [9.17, 15) is 4.79 Å². The van der Waals surface area contributed by atoms with Gasteiger partial charge in [0.05, 0.1) is 5.02 Å². The lowest BCUT2D eigenvalue weighted by Gasteiger charge is -2.14. The molecule has 5 heteroatoms. The van der Waals surface area contributed by atoms with Crippen LogP contribution in [0.25, 0.3) is 0 Å². The van der Waals surface area contributed by atoms with E-state index in [4.69, 9.17) is 16.7 Å². The Hall–Kier alpha value is -0.740. The number of carboxylic acid groups (broad SMARTS) is 1. The number of halogens is 2. The Bertz CT molecular complexity index is 384. The summed E-state index contributed by atoms with van der Waals surface area (Å²) in [5, 5.41) is 12.4. The maximum atomic E-state index is 10.4. The van der Waals surface area contributed by atoms with Gasteiger partial charge in [0, 0.05) is 22.6 Å². The second-order valence-corrected chi connectivity index (χ2v) is 4.87. The second-order valence-electron chi connectivity index (χ2n) is 3.61. The highest BCUT2D eigenvalue weighted by Gasteiger charge is 2.06. The smallest absolute Gasteiger partial charge is 0.303 e. The van der Waals surface area contributed by atoms with E-state index in [1.54, 1.807) is 6.07 Å². The molecular formula is C11H13BrClNO2. The molecule has 0 amide bonds. The van der Waals surface area contributed by atoms with Crippen LogP contribution >= 0.6 is 27.5 Å². The van der Waals surface area contributed by atoms with Crippen LogP contribution in [0, 0.1) is 0 Å². The van der Waals surface area contributed by atoms with Crippen molar-refractivity contribution in [2.75, 3.05) is 5.32 Å². The SMILES string of the molecule is CC(CCC(=O)O)Nc1ccc(Cl)c(Br)c1. The average Bonchev–Trinajstić information content (AvgIpc) is 2.21. The number of rotatable bonds is 5. The number of hydrogen-bond acceptors (Lipinski definition) is 2. The van der Waals surface area contributed by atoms with Crippen molar-refractivity contribution in [3.8, 4) is 0 Å². The van der Waals surface area contributed by atoms with Crippen LogP contribution in [-0.2, 0) is 4.79 Å². The third-order valence-electron chi connectivity index (χ3n) is 2.12. The Balaban J connectivity index is 2.52. The summed E-state index contributed by atoms with van der Waals surface area (Å²) in [4.78, 5) is 10.4. The number of anilines is 1. The minimum Gasteiger partial charge on any atom is -0.481 e. The summed E-state index contributed by atoms with van der Waals surface area (Å²) in [5.74, 6) is -0.772. The summed E-state index contributed by atoms with van der Waals surface area (Å²) >= 11 is 9.20. The van der Waals surface area contributed by atoms with Gasteiger partial charge in [-0.05, 0) is 47.5 Å². The van der Waals surface area contributed by atoms with E-state index in [0.717, 1.165) is 10.2 Å². The topological polar surface area (TPSA) is 49.3 Å². The fourth-order valence-electron chi connectivity index (χ4n) is 1.28. The van der Waals surface area contributed by atoms with Crippen LogP contribution in [0.1, 0.15) is 19.8 Å². The molecule has 1 rings (SSSR count). The molecule has 3 nitrogen and oxygen atoms in total. The van der Waals surface area contributed by atoms with Crippen LogP contribution in [0.5, 0.6) is 0 Å². The van der Waals surface area contributed by atoms with Crippen LogP contribution in [-0.4, -0.2) is 17.1 Å². The zero-order chi connectivity index (χ0) is 12.1. The molecule has 0 aliphatic heterocycles. The molecule has 0 bridgehead atoms. The minimum atomic E-state index is -0.772. The van der Waals surface area contributed by atoms with Crippen LogP contribution in [0.4, 0.5) is 5.69 Å². The van der Waals surface area contributed by atoms with Gasteiger partial charge in [-0.15, -0.1) is 0 Å². The Morgan fingerprint density at radius 2 is 2.31 bits per heavy atom. The van der Waals surface area contributed by atoms with Gasteiger partial charge in [0.15, 0.2) is 0 Å². The Morgan fingerprint density at radius 3 is 2.88 bits per heavy atom. The molecule has 88 valence electrons. The van der Waals surface area contributed by atoms with Gasteiger partial charge in [-0.3, -0.25) is 4.79 Å². The molecule has 0 saturated carbocycles. The van der Waals surface area contributed by atoms with Crippen LogP contribution < -0.4 is 5.32 Å². The third kappa shape index (κ3) is 4.41. The fourth-order valence-corrected chi connectivity index (χ4v) is 1.78. The molecule has 0 aliphatic rings. The largest absolute Gasteiger partial charge is 0.481 e. The van der Waals surface area contributed by atoms with Gasteiger partial charge in [0.1, 0.15) is 0 Å². The van der Waals surface area contributed by atoms with E-state index < -0.39 is 5.97 Å². The molecule has 1 aromatic carbocycles. The van der Waals surface area contributed by atoms with E-state index in [1.165, 1.54) is 0 Å². The number of benzene rings is 1. The van der Waals surface area contributed by atoms with Crippen LogP contribution in [0.2, 0.25) is 5.02 Å². The number of hydrogen-bond donors (Lipinski definition) is 2. The molecule has 0 heterocycles. The van der Waals surface area contributed by atoms with Gasteiger partial charge < -0.3 is 10.4 Å². The lowest BCUT2D eigenvalue weighted by Crippen LogP contribution is -2.16. The van der Waals surface area contributed by atoms with Gasteiger partial charge in [-0.2, -0.15) is 0 Å². The minimum absolute atomic E-state index is 0.115. The summed E-state index contributed by atoms with van der Waals surface area (Å²) < 4.78 is 0.824. The maximum absolute atomic E-state index is 10.4. The summed E-state index contributed by atoms with van der Waals surface area (Å²) in [6.45, 7) is 1.95. The molecule has 2 N–H and O–H groups in total. The zero-order valence-corrected chi connectivity index (χ0v) is 11.2. The molecule has 16 heavy (non-hydrogen) atoms. The van der Waals surface area contributed by atoms with Crippen molar-refractivity contribution in [2.45, 2.75) is 25.8 Å². The van der Waals surface area contributed by atoms with Crippen LogP contribution in [0.3, 0.4) is 0 Å². The molecule has 0 saturated heterocycles. The van der Waals surface area contributed by atoms with Crippen molar-refractivity contribution in [1.82, 2.24) is 0 Å². The predicted octanol–water partition coefficient (Wildman–Crippen LogP) is 3.77. The number of aliphatic carboxylic acids is 1. The average molecular weight is 307 g/mol. The Labute approximate surface area is 108 Å². The summed E-state index contributed by atoms with van der Waals surface area (Å²) in [7, 11) is 0. The first-order chi connectivity index (χ1) is 7.49. The van der Waals surface area contributed by atoms with E-state index in [0.29, 0.717) is 11.4 Å². The standard InChI is InChI=1S/C11H13BrClNO2/c1-7(2-5-11(15)16)14-8-3-4-10(13)9(12)6-8/h3-4,6-7,14H,2,5H2,1H3,(H,15,16). The van der Waals surface area contributed by atoms with Crippen molar-refractivity contribution in [3.63, 3.8) is 0 Å². The highest BCUT2D eigenvalue weighted by atomic mass is 79.9. The van der Waals surface area contributed by atoms with Crippen molar-refractivity contribution in [1.29, 1.82) is 0 Å². The predicted molar refractivity (Wildman–Crippen MR) is 69.1 cm³/mol. The normalized spacial score (nSPS) is 12.2. The zero-order valence-electron chi connectivity index (χ0n) is 8.84. The maximum Gasteiger partial charge on any atom is 0.303 e. The monoisotopic (exact) mass is 305 g/mol. The summed E-state index contributed by atoms with van der Waals surface area (Å²) in [5.41, 5.74) is 0.925. The molecule has 0 radical (unpaired) electrons. The summed E-state index contributed by atoms with van der Waals surface area (Å²) in [6.07, 6.45) is 0.762. The molecule has 1 aromatic rings. The first-order valence-corrected chi connectivity index (χ1v) is 6.09. The van der Waals surface area contributed by atoms with E-state index in [1.807, 2.05) is 19.1 Å². The van der Waals surface area contributed by atoms with Gasteiger partial charge >= 0.3 is 5.97 Å². The quantitative estimate of drug-likeness (QED) is 0.870. The second kappa shape index (κ2) is 6.11. The van der Waals surface area contributed by atoms with Gasteiger partial charge in [0.2, 0.25) is 0 Å². The molecule has 1 unspecified atom stereocenters. The Kier molecular flexibility index (Phi) is 5.09. The van der Waals surface area contributed by atoms with Crippen molar-refractivity contribution >= 4 is 39.2 Å². The first kappa shape index (κ1) is 13.3. The van der Waals surface area contributed by atoms with Crippen molar-refractivity contribution in [2.24, 2.45) is 0 Å². The molecule has 0 fully saturated rings. The van der Waals surface area contributed by atoms with Crippen molar-refractivity contribution in [3.05, 3.63) is 27.7 Å². The molecule has 0 aromatic heterocycles. The van der Waals surface area contributed by atoms with Gasteiger partial charge in [-0.1, -0.05) is 11.6 Å².